The van der Waals surface area contributed by atoms with Gasteiger partial charge in [0.15, 0.2) is 5.82 Å². The second kappa shape index (κ2) is 4.71. The van der Waals surface area contributed by atoms with E-state index in [1.54, 1.807) is 23.2 Å². The average Bonchev–Trinajstić information content (AvgIpc) is 3.27. The number of H-pyrrole nitrogens is 2. The highest BCUT2D eigenvalue weighted by molar-refractivity contribution is 5.90. The molecule has 104 valence electrons. The molecule has 2 N–H and O–H groups in total. The summed E-state index contributed by atoms with van der Waals surface area (Å²) in [5, 5.41) is 13.9. The van der Waals surface area contributed by atoms with Crippen LogP contribution >= 0.6 is 0 Å². The van der Waals surface area contributed by atoms with E-state index >= 15 is 0 Å². The van der Waals surface area contributed by atoms with Crippen molar-refractivity contribution in [2.24, 2.45) is 4.99 Å². The number of aromatic nitrogens is 7. The average molecular weight is 281 g/mol. The van der Waals surface area contributed by atoms with Crippen LogP contribution in [0.4, 0.5) is 5.69 Å². The van der Waals surface area contributed by atoms with Crippen molar-refractivity contribution in [3.63, 3.8) is 0 Å². The first kappa shape index (κ1) is 11.6. The van der Waals surface area contributed by atoms with Gasteiger partial charge in [-0.3, -0.25) is 9.56 Å². The predicted octanol–water partition coefficient (Wildman–Crippen LogP) is 0.603. The maximum Gasteiger partial charge on any atom is 0.273 e. The molecule has 3 aromatic heterocycles. The van der Waals surface area contributed by atoms with Gasteiger partial charge in [-0.2, -0.15) is 5.21 Å². The van der Waals surface area contributed by atoms with E-state index in [9.17, 15) is 0 Å². The predicted molar refractivity (Wildman–Crippen MR) is 75.9 cm³/mol. The molecule has 0 amide bonds. The molecule has 4 rings (SSSR count). The highest BCUT2D eigenvalue weighted by Crippen LogP contribution is 2.26. The Morgan fingerprint density at radius 2 is 2.29 bits per heavy atom. The van der Waals surface area contributed by atoms with Gasteiger partial charge in [0.1, 0.15) is 6.67 Å². The van der Waals surface area contributed by atoms with E-state index in [1.807, 2.05) is 24.5 Å². The molecule has 1 aliphatic heterocycles. The van der Waals surface area contributed by atoms with Crippen molar-refractivity contribution in [2.45, 2.75) is 0 Å². The van der Waals surface area contributed by atoms with Gasteiger partial charge in [-0.25, -0.2) is 4.98 Å². The summed E-state index contributed by atoms with van der Waals surface area (Å²) < 4.78 is 1.79. The molecule has 21 heavy (non-hydrogen) atoms. The Labute approximate surface area is 119 Å². The van der Waals surface area contributed by atoms with Crippen molar-refractivity contribution >= 4 is 17.6 Å². The van der Waals surface area contributed by atoms with Crippen LogP contribution in [0.1, 0.15) is 5.82 Å². The number of aromatic amines is 2. The highest BCUT2D eigenvalue weighted by Gasteiger charge is 2.18. The first-order valence-electron chi connectivity index (χ1n) is 6.31. The Bertz CT molecular complexity index is 779. The standard InChI is InChI=1S/C12H11N9/c1-3-13-8-21(10(1)11-14-4-5-15-11)9-2-6-20(7-9)12-16-18-19-17-12/h1-7H,8H2,(H,14,15)(H,16,17,18,19). The third-order valence-electron chi connectivity index (χ3n) is 3.15. The Balaban J connectivity index is 1.69. The SMILES string of the molecule is C1=NCN(c2ccn(-c3nn[nH]n3)c2)C(c2ncc[nH]2)=C1. The molecule has 0 saturated carbocycles. The topological polar surface area (TPSA) is 104 Å². The number of aliphatic imine (C=N–C) groups is 1. The number of hydrogen-bond acceptors (Lipinski definition) is 6. The van der Waals surface area contributed by atoms with Crippen molar-refractivity contribution in [3.05, 3.63) is 42.8 Å². The molecular formula is C12H11N9. The number of rotatable bonds is 3. The zero-order valence-corrected chi connectivity index (χ0v) is 10.9. The maximum atomic E-state index is 4.30. The van der Waals surface area contributed by atoms with Gasteiger partial charge in [0.2, 0.25) is 0 Å². The molecule has 1 aliphatic rings. The minimum Gasteiger partial charge on any atom is -0.343 e. The van der Waals surface area contributed by atoms with E-state index < -0.39 is 0 Å². The molecule has 0 aliphatic carbocycles. The Morgan fingerprint density at radius 1 is 1.29 bits per heavy atom. The molecule has 9 heteroatoms. The van der Waals surface area contributed by atoms with Crippen LogP contribution in [0, 0.1) is 0 Å². The van der Waals surface area contributed by atoms with Crippen LogP contribution in [0.3, 0.4) is 0 Å². The molecule has 0 atom stereocenters. The van der Waals surface area contributed by atoms with Crippen LogP contribution in [0.5, 0.6) is 0 Å². The van der Waals surface area contributed by atoms with Crippen LogP contribution in [0.15, 0.2) is 41.9 Å². The number of imidazole rings is 1. The van der Waals surface area contributed by atoms with Crippen molar-refractivity contribution in [1.82, 2.24) is 35.2 Å². The minimum absolute atomic E-state index is 0.491. The summed E-state index contributed by atoms with van der Waals surface area (Å²) in [4.78, 5) is 13.8. The second-order valence-electron chi connectivity index (χ2n) is 4.38. The number of tetrazole rings is 1. The Morgan fingerprint density at radius 3 is 3.10 bits per heavy atom. The molecule has 3 aromatic rings. The van der Waals surface area contributed by atoms with Crippen LogP contribution in [0.2, 0.25) is 0 Å². The molecule has 9 nitrogen and oxygen atoms in total. The number of nitrogens with one attached hydrogen (secondary N) is 2. The fourth-order valence-electron chi connectivity index (χ4n) is 2.19. The van der Waals surface area contributed by atoms with Crippen molar-refractivity contribution in [3.8, 4) is 5.95 Å². The summed E-state index contributed by atoms with van der Waals surface area (Å²) in [6.07, 6.45) is 11.0. The van der Waals surface area contributed by atoms with Gasteiger partial charge in [0.05, 0.1) is 11.4 Å². The molecule has 0 aromatic carbocycles. The van der Waals surface area contributed by atoms with Gasteiger partial charge in [-0.05, 0) is 17.4 Å². The van der Waals surface area contributed by atoms with Gasteiger partial charge in [0, 0.05) is 31.0 Å². The normalized spacial score (nSPS) is 14.5. The smallest absolute Gasteiger partial charge is 0.273 e. The summed E-state index contributed by atoms with van der Waals surface area (Å²) in [5.41, 5.74) is 1.93. The fourth-order valence-corrected chi connectivity index (χ4v) is 2.19. The lowest BCUT2D eigenvalue weighted by molar-refractivity contribution is 0.881. The summed E-state index contributed by atoms with van der Waals surface area (Å²) >= 11 is 0. The molecule has 0 radical (unpaired) electrons. The largest absolute Gasteiger partial charge is 0.343 e. The molecule has 0 spiro atoms. The molecule has 0 saturated heterocycles. The van der Waals surface area contributed by atoms with Crippen LogP contribution in [-0.4, -0.2) is 48.0 Å². The van der Waals surface area contributed by atoms with Crippen molar-refractivity contribution < 1.29 is 0 Å². The van der Waals surface area contributed by atoms with E-state index in [0.717, 1.165) is 17.2 Å². The summed E-state index contributed by atoms with van der Waals surface area (Å²) in [6, 6.07) is 1.97. The third-order valence-corrected chi connectivity index (χ3v) is 3.15. The molecule has 4 heterocycles. The van der Waals surface area contributed by atoms with Crippen molar-refractivity contribution in [2.75, 3.05) is 11.6 Å². The van der Waals surface area contributed by atoms with Gasteiger partial charge in [-0.1, -0.05) is 5.10 Å². The lowest BCUT2D eigenvalue weighted by atomic mass is 10.3. The number of nitrogens with zero attached hydrogens (tertiary/aromatic N) is 7. The molecular weight excluding hydrogens is 270 g/mol. The zero-order valence-electron chi connectivity index (χ0n) is 10.9. The van der Waals surface area contributed by atoms with Gasteiger partial charge < -0.3 is 9.88 Å². The third kappa shape index (κ3) is 2.00. The van der Waals surface area contributed by atoms with Gasteiger partial charge in [-0.15, -0.1) is 5.10 Å². The fraction of sp³-hybridized carbons (Fsp3) is 0.0833. The summed E-state index contributed by atoms with van der Waals surface area (Å²) in [5.74, 6) is 1.29. The minimum atomic E-state index is 0.491. The Kier molecular flexibility index (Phi) is 2.60. The van der Waals surface area contributed by atoms with Crippen LogP contribution in [-0.2, 0) is 0 Å². The Hall–Kier alpha value is -3.23. The number of allylic oxidation sites excluding steroid dienone is 1. The first-order chi connectivity index (χ1) is 10.4. The van der Waals surface area contributed by atoms with Crippen LogP contribution < -0.4 is 4.90 Å². The highest BCUT2D eigenvalue weighted by atomic mass is 15.5. The van der Waals surface area contributed by atoms with E-state index in [1.165, 1.54) is 0 Å². The zero-order chi connectivity index (χ0) is 14.1. The molecule has 0 fully saturated rings. The van der Waals surface area contributed by atoms with E-state index in [4.69, 9.17) is 0 Å². The monoisotopic (exact) mass is 281 g/mol. The second-order valence-corrected chi connectivity index (χ2v) is 4.38. The molecule has 0 bridgehead atoms. The first-order valence-corrected chi connectivity index (χ1v) is 6.31. The van der Waals surface area contributed by atoms with E-state index in [-0.39, 0.29) is 0 Å². The van der Waals surface area contributed by atoms with E-state index in [0.29, 0.717) is 12.6 Å². The van der Waals surface area contributed by atoms with Crippen LogP contribution in [0.25, 0.3) is 11.6 Å². The van der Waals surface area contributed by atoms with Gasteiger partial charge >= 0.3 is 0 Å². The number of anilines is 1. The lowest BCUT2D eigenvalue weighted by Crippen LogP contribution is -2.24. The quantitative estimate of drug-likeness (QED) is 0.731. The van der Waals surface area contributed by atoms with E-state index in [2.05, 4.69) is 40.5 Å². The summed E-state index contributed by atoms with van der Waals surface area (Å²) in [6.45, 7) is 0.531. The maximum absolute atomic E-state index is 4.30. The number of hydrogen-bond donors (Lipinski definition) is 2. The summed E-state index contributed by atoms with van der Waals surface area (Å²) in [7, 11) is 0. The lowest BCUT2D eigenvalue weighted by Gasteiger charge is -2.25. The molecule has 0 unspecified atom stereocenters. The van der Waals surface area contributed by atoms with Gasteiger partial charge in [0.25, 0.3) is 5.95 Å². The van der Waals surface area contributed by atoms with Crippen molar-refractivity contribution in [1.29, 1.82) is 0 Å².